The predicted octanol–water partition coefficient (Wildman–Crippen LogP) is 0.964. The molecule has 17 heteroatoms. The molecule has 0 saturated carbocycles. The molecule has 2 aromatic carbocycles. The molecule has 0 unspecified atom stereocenters. The van der Waals surface area contributed by atoms with Crippen molar-refractivity contribution in [2.75, 3.05) is 43.0 Å². The lowest BCUT2D eigenvalue weighted by Crippen LogP contribution is -2.41. The third-order valence-corrected chi connectivity index (χ3v) is 8.12. The van der Waals surface area contributed by atoms with Gasteiger partial charge in [0.1, 0.15) is 24.6 Å². The molecular formula is C19H22I2N4O9S2. The molecule has 198 valence electrons. The van der Waals surface area contributed by atoms with Crippen molar-refractivity contribution in [2.24, 2.45) is 5.14 Å². The summed E-state index contributed by atoms with van der Waals surface area (Å²) < 4.78 is 66.5. The number of halogens is 2. The van der Waals surface area contributed by atoms with E-state index in [1.54, 1.807) is 36.4 Å². The van der Waals surface area contributed by atoms with E-state index in [0.29, 0.717) is 17.2 Å². The summed E-state index contributed by atoms with van der Waals surface area (Å²) in [6, 6.07) is 9.98. The number of ether oxygens (including phenoxy) is 3. The van der Waals surface area contributed by atoms with E-state index < -0.39 is 38.8 Å². The number of carbonyl (C=O) groups is 2. The second-order valence-corrected chi connectivity index (χ2v) is 12.4. The summed E-state index contributed by atoms with van der Waals surface area (Å²) in [4.78, 5) is 22.5. The molecule has 0 aromatic heterocycles. The molecule has 0 radical (unpaired) electrons. The number of hydrogen-bond donors (Lipinski definition) is 2. The van der Waals surface area contributed by atoms with Crippen LogP contribution in [-0.4, -0.2) is 63.1 Å². The summed E-state index contributed by atoms with van der Waals surface area (Å²) in [6.07, 6.45) is 0. The molecule has 13 nitrogen and oxygen atoms in total. The third kappa shape index (κ3) is 7.70. The van der Waals surface area contributed by atoms with E-state index >= 15 is 0 Å². The Bertz CT molecular complexity index is 1350. The van der Waals surface area contributed by atoms with Crippen molar-refractivity contribution in [2.45, 2.75) is 0 Å². The fourth-order valence-electron chi connectivity index (χ4n) is 2.87. The third-order valence-electron chi connectivity index (χ3n) is 4.45. The van der Waals surface area contributed by atoms with Gasteiger partial charge in [-0.2, -0.15) is 16.8 Å². The van der Waals surface area contributed by atoms with Gasteiger partial charge in [-0.1, -0.05) is 0 Å². The molecule has 1 aliphatic heterocycles. The summed E-state index contributed by atoms with van der Waals surface area (Å²) >= 11 is 4.07. The van der Waals surface area contributed by atoms with E-state index in [0.717, 1.165) is 22.9 Å². The number of carbonyl (C=O) groups excluding carboxylic acids is 2. The Hall–Kier alpha value is -2.10. The molecular weight excluding hydrogens is 746 g/mol. The van der Waals surface area contributed by atoms with Crippen LogP contribution in [0.15, 0.2) is 36.4 Å². The van der Waals surface area contributed by atoms with Crippen LogP contribution in [0.25, 0.3) is 0 Å². The second-order valence-electron chi connectivity index (χ2n) is 6.80. The maximum atomic E-state index is 11.7. The molecule has 0 aliphatic carbocycles. The molecule has 1 aliphatic rings. The number of nitrogens with two attached hydrogens (primary N) is 1. The first-order valence-electron chi connectivity index (χ1n) is 9.61. The van der Waals surface area contributed by atoms with Crippen LogP contribution >= 0.6 is 45.2 Å². The SMILES string of the molecule is COC(=O)CN(c1cc(I)ccc1OC)S(N)(=O)=O.COc1ccc(I)cc1N1CC(=O)NS1(=O)=O. The average molecular weight is 768 g/mol. The number of anilines is 2. The first-order chi connectivity index (χ1) is 16.7. The quantitative estimate of drug-likeness (QED) is 0.307. The molecule has 3 rings (SSSR count). The highest BCUT2D eigenvalue weighted by atomic mass is 127. The monoisotopic (exact) mass is 768 g/mol. The topological polar surface area (TPSA) is 175 Å². The highest BCUT2D eigenvalue weighted by Crippen LogP contribution is 2.33. The van der Waals surface area contributed by atoms with E-state index in [4.69, 9.17) is 14.6 Å². The van der Waals surface area contributed by atoms with Gasteiger partial charge in [0.05, 0.1) is 32.7 Å². The first-order valence-corrected chi connectivity index (χ1v) is 14.7. The fourth-order valence-corrected chi connectivity index (χ4v) is 5.67. The minimum atomic E-state index is -4.12. The normalized spacial score (nSPS) is 14.3. The van der Waals surface area contributed by atoms with Crippen LogP contribution in [0.4, 0.5) is 11.4 Å². The molecule has 1 amide bonds. The Balaban J connectivity index is 0.000000255. The van der Waals surface area contributed by atoms with Gasteiger partial charge in [0.2, 0.25) is 0 Å². The van der Waals surface area contributed by atoms with Crippen LogP contribution in [0, 0.1) is 7.14 Å². The molecule has 0 spiro atoms. The predicted molar refractivity (Wildman–Crippen MR) is 148 cm³/mol. The maximum absolute atomic E-state index is 11.7. The lowest BCUT2D eigenvalue weighted by molar-refractivity contribution is -0.138. The molecule has 36 heavy (non-hydrogen) atoms. The fraction of sp³-hybridized carbons (Fsp3) is 0.263. The Morgan fingerprint density at radius 2 is 1.64 bits per heavy atom. The highest BCUT2D eigenvalue weighted by Gasteiger charge is 2.35. The summed E-state index contributed by atoms with van der Waals surface area (Å²) in [6.45, 7) is -0.745. The van der Waals surface area contributed by atoms with Crippen molar-refractivity contribution >= 4 is 88.9 Å². The number of nitrogens with zero attached hydrogens (tertiary/aromatic N) is 2. The summed E-state index contributed by atoms with van der Waals surface area (Å²) in [5.74, 6) is -0.579. The van der Waals surface area contributed by atoms with Crippen molar-refractivity contribution in [1.82, 2.24) is 4.72 Å². The van der Waals surface area contributed by atoms with Crippen LogP contribution in [-0.2, 0) is 34.7 Å². The van der Waals surface area contributed by atoms with Gasteiger partial charge < -0.3 is 14.2 Å². The Labute approximate surface area is 235 Å². The Morgan fingerprint density at radius 1 is 1.08 bits per heavy atom. The zero-order chi connectivity index (χ0) is 27.3. The molecule has 0 bridgehead atoms. The van der Waals surface area contributed by atoms with Crippen molar-refractivity contribution < 1.29 is 40.6 Å². The molecule has 3 N–H and O–H groups in total. The Kier molecular flexibility index (Phi) is 10.4. The van der Waals surface area contributed by atoms with Gasteiger partial charge in [0.15, 0.2) is 0 Å². The van der Waals surface area contributed by atoms with Gasteiger partial charge in [0.25, 0.3) is 16.1 Å². The smallest absolute Gasteiger partial charge is 0.326 e. The average Bonchev–Trinajstić information content (AvgIpc) is 3.08. The summed E-state index contributed by atoms with van der Waals surface area (Å²) in [7, 11) is -3.91. The van der Waals surface area contributed by atoms with Gasteiger partial charge >= 0.3 is 16.2 Å². The zero-order valence-corrected chi connectivity index (χ0v) is 25.0. The van der Waals surface area contributed by atoms with Crippen LogP contribution in [0.2, 0.25) is 0 Å². The van der Waals surface area contributed by atoms with Crippen LogP contribution in [0.5, 0.6) is 11.5 Å². The number of hydrogen-bond acceptors (Lipinski definition) is 9. The van der Waals surface area contributed by atoms with Crippen molar-refractivity contribution in [1.29, 1.82) is 0 Å². The molecule has 1 heterocycles. The largest absolute Gasteiger partial charge is 0.495 e. The van der Waals surface area contributed by atoms with Gasteiger partial charge in [-0.25, -0.2) is 18.5 Å². The van der Waals surface area contributed by atoms with Crippen molar-refractivity contribution in [3.8, 4) is 11.5 Å². The van der Waals surface area contributed by atoms with Gasteiger partial charge in [-0.05, 0) is 81.6 Å². The first kappa shape index (κ1) is 30.1. The van der Waals surface area contributed by atoms with Gasteiger partial charge in [-0.15, -0.1) is 0 Å². The summed E-state index contributed by atoms with van der Waals surface area (Å²) in [5, 5.41) is 5.12. The lowest BCUT2D eigenvalue weighted by atomic mass is 10.3. The minimum Gasteiger partial charge on any atom is -0.495 e. The second kappa shape index (κ2) is 12.4. The van der Waals surface area contributed by atoms with Gasteiger partial charge in [-0.3, -0.25) is 9.59 Å². The van der Waals surface area contributed by atoms with Crippen LogP contribution in [0.1, 0.15) is 0 Å². The van der Waals surface area contributed by atoms with E-state index in [1.165, 1.54) is 14.2 Å². The number of nitrogens with one attached hydrogen (secondary N) is 1. The lowest BCUT2D eigenvalue weighted by Gasteiger charge is -2.22. The van der Waals surface area contributed by atoms with E-state index in [2.05, 4.69) is 27.3 Å². The number of rotatable bonds is 7. The number of amides is 1. The maximum Gasteiger partial charge on any atom is 0.326 e. The van der Waals surface area contributed by atoms with Crippen molar-refractivity contribution in [3.05, 3.63) is 43.5 Å². The highest BCUT2D eigenvalue weighted by molar-refractivity contribution is 14.1. The minimum absolute atomic E-state index is 0.183. The van der Waals surface area contributed by atoms with Crippen molar-refractivity contribution in [3.63, 3.8) is 0 Å². The Morgan fingerprint density at radius 3 is 2.11 bits per heavy atom. The molecule has 1 fully saturated rings. The van der Waals surface area contributed by atoms with Gasteiger partial charge in [0, 0.05) is 7.14 Å². The molecule has 2 aromatic rings. The van der Waals surface area contributed by atoms with Crippen LogP contribution in [0.3, 0.4) is 0 Å². The number of methoxy groups -OCH3 is 3. The zero-order valence-electron chi connectivity index (χ0n) is 19.1. The van der Waals surface area contributed by atoms with Crippen LogP contribution < -0.4 is 27.9 Å². The molecule has 0 atom stereocenters. The number of benzene rings is 2. The standard InChI is InChI=1S/C10H13IN2O5S.C9H9IN2O4S/c1-17-9-4-3-7(11)5-8(9)13(19(12,15)16)6-10(14)18-2;1-16-8-3-2-6(10)4-7(8)12-5-9(13)11-17(12,14)15/h3-5H,6H2,1-2H3,(H2,12,15,16);2-4H,5H2,1H3,(H,11,13). The van der Waals surface area contributed by atoms with E-state index in [9.17, 15) is 26.4 Å². The van der Waals surface area contributed by atoms with E-state index in [1.807, 2.05) is 27.3 Å². The summed E-state index contributed by atoms with van der Waals surface area (Å²) in [5.41, 5.74) is 0.542. The number of esters is 1. The van der Waals surface area contributed by atoms with E-state index in [-0.39, 0.29) is 12.2 Å². The molecule has 1 saturated heterocycles.